The van der Waals surface area contributed by atoms with Crippen molar-refractivity contribution in [3.63, 3.8) is 0 Å². The summed E-state index contributed by atoms with van der Waals surface area (Å²) >= 11 is 0. The molecule has 0 fully saturated rings. The smallest absolute Gasteiger partial charge is 0.125 e. The van der Waals surface area contributed by atoms with Gasteiger partial charge in [-0.2, -0.15) is 0 Å². The molecule has 92 valence electrons. The van der Waals surface area contributed by atoms with Crippen molar-refractivity contribution in [1.29, 1.82) is 0 Å². The summed E-state index contributed by atoms with van der Waals surface area (Å²) in [6, 6.07) is 5.04. The predicted molar refractivity (Wildman–Crippen MR) is 69.7 cm³/mol. The van der Waals surface area contributed by atoms with Crippen LogP contribution in [0.1, 0.15) is 31.0 Å². The fourth-order valence-electron chi connectivity index (χ4n) is 2.52. The van der Waals surface area contributed by atoms with Crippen LogP contribution in [0.4, 0.5) is 4.39 Å². The van der Waals surface area contributed by atoms with Crippen LogP contribution in [0, 0.1) is 5.82 Å². The van der Waals surface area contributed by atoms with Gasteiger partial charge in [0.05, 0.1) is 5.52 Å². The van der Waals surface area contributed by atoms with Crippen LogP contribution in [0.15, 0.2) is 18.2 Å². The largest absolute Gasteiger partial charge is 0.346 e. The van der Waals surface area contributed by atoms with E-state index in [1.54, 1.807) is 6.07 Å². The molecule has 0 bridgehead atoms. The highest BCUT2D eigenvalue weighted by atomic mass is 19.1. The second-order valence-electron chi connectivity index (χ2n) is 4.77. The first-order valence-electron chi connectivity index (χ1n) is 5.97. The minimum Gasteiger partial charge on any atom is -0.346 e. The first-order chi connectivity index (χ1) is 8.06. The Labute approximate surface area is 101 Å². The van der Waals surface area contributed by atoms with Crippen LogP contribution in [0.3, 0.4) is 0 Å². The minimum atomic E-state index is -0.176. The molecule has 0 atom stereocenters. The molecule has 0 saturated carbocycles. The third-order valence-electron chi connectivity index (χ3n) is 3.25. The first kappa shape index (κ1) is 12.1. The Balaban J connectivity index is 2.78. The van der Waals surface area contributed by atoms with Gasteiger partial charge in [-0.15, -0.1) is 0 Å². The fourth-order valence-corrected chi connectivity index (χ4v) is 2.52. The van der Waals surface area contributed by atoms with Crippen molar-refractivity contribution in [3.8, 4) is 0 Å². The Morgan fingerprint density at radius 2 is 2.06 bits per heavy atom. The van der Waals surface area contributed by atoms with Gasteiger partial charge in [0.2, 0.25) is 0 Å². The van der Waals surface area contributed by atoms with Crippen LogP contribution < -0.4 is 5.32 Å². The van der Waals surface area contributed by atoms with Crippen LogP contribution in [0.2, 0.25) is 0 Å². The summed E-state index contributed by atoms with van der Waals surface area (Å²) in [5, 5.41) is 4.34. The van der Waals surface area contributed by atoms with Gasteiger partial charge in [-0.1, -0.05) is 13.8 Å². The van der Waals surface area contributed by atoms with Crippen molar-refractivity contribution in [3.05, 3.63) is 35.3 Å². The number of rotatable bonds is 3. The van der Waals surface area contributed by atoms with E-state index in [2.05, 4.69) is 23.7 Å². The molecule has 0 aliphatic rings. The number of nitrogens with zero attached hydrogens (tertiary/aromatic N) is 1. The van der Waals surface area contributed by atoms with Gasteiger partial charge in [0.25, 0.3) is 0 Å². The molecule has 0 radical (unpaired) electrons. The standard InChI is InChI=1S/C14H19FN2/c1-9(2)14-11-6-5-10(15)7-12(11)17(4)13(14)8-16-3/h5-7,9,16H,8H2,1-4H3. The molecule has 0 spiro atoms. The van der Waals surface area contributed by atoms with Crippen molar-refractivity contribution in [2.24, 2.45) is 7.05 Å². The quantitative estimate of drug-likeness (QED) is 0.863. The SMILES string of the molecule is CNCc1c(C(C)C)c2ccc(F)cc2n1C. The molecule has 0 amide bonds. The molecular formula is C14H19FN2. The Morgan fingerprint density at radius 1 is 1.35 bits per heavy atom. The molecule has 1 aromatic heterocycles. The van der Waals surface area contributed by atoms with Gasteiger partial charge in [0, 0.05) is 24.7 Å². The van der Waals surface area contributed by atoms with Crippen LogP contribution in [-0.4, -0.2) is 11.6 Å². The van der Waals surface area contributed by atoms with E-state index in [1.165, 1.54) is 17.3 Å². The third-order valence-corrected chi connectivity index (χ3v) is 3.25. The van der Waals surface area contributed by atoms with E-state index in [9.17, 15) is 4.39 Å². The number of aromatic nitrogens is 1. The van der Waals surface area contributed by atoms with Gasteiger partial charge in [0.15, 0.2) is 0 Å². The molecule has 0 saturated heterocycles. The maximum absolute atomic E-state index is 13.3. The zero-order chi connectivity index (χ0) is 12.6. The topological polar surface area (TPSA) is 17.0 Å². The van der Waals surface area contributed by atoms with Gasteiger partial charge in [-0.25, -0.2) is 4.39 Å². The minimum absolute atomic E-state index is 0.176. The van der Waals surface area contributed by atoms with E-state index < -0.39 is 0 Å². The van der Waals surface area contributed by atoms with Crippen LogP contribution >= 0.6 is 0 Å². The lowest BCUT2D eigenvalue weighted by Crippen LogP contribution is -2.11. The van der Waals surface area contributed by atoms with E-state index in [-0.39, 0.29) is 5.82 Å². The van der Waals surface area contributed by atoms with Crippen molar-refractivity contribution >= 4 is 10.9 Å². The van der Waals surface area contributed by atoms with Crippen LogP contribution in [0.5, 0.6) is 0 Å². The van der Waals surface area contributed by atoms with Crippen LogP contribution in [-0.2, 0) is 13.6 Å². The van der Waals surface area contributed by atoms with Crippen molar-refractivity contribution in [2.75, 3.05) is 7.05 Å². The van der Waals surface area contributed by atoms with Gasteiger partial charge in [0.1, 0.15) is 5.82 Å². The molecule has 3 heteroatoms. The fraction of sp³-hybridized carbons (Fsp3) is 0.429. The highest BCUT2D eigenvalue weighted by Crippen LogP contribution is 2.31. The van der Waals surface area contributed by atoms with Crippen molar-refractivity contribution in [1.82, 2.24) is 9.88 Å². The summed E-state index contributed by atoms with van der Waals surface area (Å²) in [6.07, 6.45) is 0. The highest BCUT2D eigenvalue weighted by molar-refractivity contribution is 5.86. The van der Waals surface area contributed by atoms with E-state index in [0.717, 1.165) is 17.4 Å². The second kappa shape index (κ2) is 4.49. The number of halogens is 1. The molecule has 2 rings (SSSR count). The average molecular weight is 234 g/mol. The summed E-state index contributed by atoms with van der Waals surface area (Å²) in [4.78, 5) is 0. The van der Waals surface area contributed by atoms with E-state index in [1.807, 2.05) is 20.2 Å². The monoisotopic (exact) mass is 234 g/mol. The lowest BCUT2D eigenvalue weighted by atomic mass is 9.99. The van der Waals surface area contributed by atoms with Gasteiger partial charge in [-0.3, -0.25) is 0 Å². The van der Waals surface area contributed by atoms with Crippen molar-refractivity contribution in [2.45, 2.75) is 26.3 Å². The Hall–Kier alpha value is -1.35. The van der Waals surface area contributed by atoms with Gasteiger partial charge < -0.3 is 9.88 Å². The molecule has 1 heterocycles. The molecule has 0 aliphatic heterocycles. The molecule has 1 N–H and O–H groups in total. The van der Waals surface area contributed by atoms with Gasteiger partial charge >= 0.3 is 0 Å². The third kappa shape index (κ3) is 1.95. The summed E-state index contributed by atoms with van der Waals surface area (Å²) in [6.45, 7) is 5.16. The number of benzene rings is 1. The van der Waals surface area contributed by atoms with E-state index >= 15 is 0 Å². The number of hydrogen-bond donors (Lipinski definition) is 1. The maximum Gasteiger partial charge on any atom is 0.125 e. The second-order valence-corrected chi connectivity index (χ2v) is 4.77. The van der Waals surface area contributed by atoms with E-state index in [4.69, 9.17) is 0 Å². The number of hydrogen-bond acceptors (Lipinski definition) is 1. The van der Waals surface area contributed by atoms with E-state index in [0.29, 0.717) is 5.92 Å². The molecule has 1 aromatic carbocycles. The Kier molecular flexibility index (Phi) is 3.20. The van der Waals surface area contributed by atoms with Crippen LogP contribution in [0.25, 0.3) is 10.9 Å². The molecular weight excluding hydrogens is 215 g/mol. The molecule has 17 heavy (non-hydrogen) atoms. The zero-order valence-electron chi connectivity index (χ0n) is 10.8. The number of fused-ring (bicyclic) bond motifs is 1. The lowest BCUT2D eigenvalue weighted by Gasteiger charge is -2.09. The number of aryl methyl sites for hydroxylation is 1. The predicted octanol–water partition coefficient (Wildman–Crippen LogP) is 3.16. The maximum atomic E-state index is 13.3. The lowest BCUT2D eigenvalue weighted by molar-refractivity contribution is 0.628. The molecule has 2 nitrogen and oxygen atoms in total. The molecule has 2 aromatic rings. The Bertz CT molecular complexity index is 541. The normalized spacial score (nSPS) is 11.6. The summed E-state index contributed by atoms with van der Waals surface area (Å²) in [7, 11) is 3.93. The molecule has 0 aliphatic carbocycles. The highest BCUT2D eigenvalue weighted by Gasteiger charge is 2.17. The van der Waals surface area contributed by atoms with Crippen molar-refractivity contribution < 1.29 is 4.39 Å². The summed E-state index contributed by atoms with van der Waals surface area (Å²) in [5.74, 6) is 0.261. The van der Waals surface area contributed by atoms with Gasteiger partial charge in [-0.05, 0) is 36.7 Å². The summed E-state index contributed by atoms with van der Waals surface area (Å²) in [5.41, 5.74) is 3.53. The zero-order valence-corrected chi connectivity index (χ0v) is 10.8. The Morgan fingerprint density at radius 3 is 2.65 bits per heavy atom. The summed E-state index contributed by atoms with van der Waals surface area (Å²) < 4.78 is 15.4. The first-order valence-corrected chi connectivity index (χ1v) is 5.97. The molecule has 0 unspecified atom stereocenters. The number of nitrogens with one attached hydrogen (secondary N) is 1. The average Bonchev–Trinajstić information content (AvgIpc) is 2.54.